The van der Waals surface area contributed by atoms with Crippen molar-refractivity contribution in [3.8, 4) is 0 Å². The summed E-state index contributed by atoms with van der Waals surface area (Å²) in [7, 11) is 1.86. The molecule has 2 rings (SSSR count). The van der Waals surface area contributed by atoms with Crippen molar-refractivity contribution in [2.75, 3.05) is 52.9 Å². The molecule has 0 bridgehead atoms. The highest BCUT2D eigenvalue weighted by atomic mass is 19.4. The van der Waals surface area contributed by atoms with Crippen molar-refractivity contribution in [2.45, 2.75) is 24.6 Å². The number of likely N-dealkylation sites (N-methyl/N-ethyl adjacent to an activating group) is 1. The van der Waals surface area contributed by atoms with Crippen LogP contribution in [0.3, 0.4) is 0 Å². The Morgan fingerprint density at radius 2 is 1.55 bits per heavy atom. The first-order valence-corrected chi connectivity index (χ1v) is 7.20. The molecular formula is C13H24F3N3O. The minimum atomic E-state index is -4.12. The van der Waals surface area contributed by atoms with E-state index in [1.165, 1.54) is 4.90 Å². The highest BCUT2D eigenvalue weighted by Gasteiger charge is 2.45. The monoisotopic (exact) mass is 295 g/mol. The van der Waals surface area contributed by atoms with Gasteiger partial charge in [-0.3, -0.25) is 9.80 Å². The van der Waals surface area contributed by atoms with Crippen LogP contribution in [0, 0.1) is 5.92 Å². The molecular weight excluding hydrogens is 271 g/mol. The maximum absolute atomic E-state index is 12.3. The van der Waals surface area contributed by atoms with Crippen molar-refractivity contribution in [3.05, 3.63) is 0 Å². The molecule has 1 aliphatic heterocycles. The zero-order valence-corrected chi connectivity index (χ0v) is 11.9. The zero-order chi connectivity index (χ0) is 14.8. The quantitative estimate of drug-likeness (QED) is 0.750. The van der Waals surface area contributed by atoms with Gasteiger partial charge in [0.15, 0.2) is 0 Å². The fraction of sp³-hybridized carbons (Fsp3) is 1.00. The highest BCUT2D eigenvalue weighted by Crippen LogP contribution is 2.40. The molecule has 1 unspecified atom stereocenters. The first-order valence-electron chi connectivity index (χ1n) is 7.20. The molecule has 1 saturated carbocycles. The fourth-order valence-electron chi connectivity index (χ4n) is 3.06. The molecule has 2 aliphatic rings. The van der Waals surface area contributed by atoms with Gasteiger partial charge in [0, 0.05) is 32.7 Å². The van der Waals surface area contributed by atoms with Gasteiger partial charge < -0.3 is 10.4 Å². The average Bonchev–Trinajstić information content (AvgIpc) is 3.21. The molecule has 2 fully saturated rings. The van der Waals surface area contributed by atoms with Crippen LogP contribution in [0.15, 0.2) is 0 Å². The molecule has 1 atom stereocenters. The van der Waals surface area contributed by atoms with E-state index in [1.807, 2.05) is 7.05 Å². The van der Waals surface area contributed by atoms with E-state index in [4.69, 9.17) is 0 Å². The zero-order valence-electron chi connectivity index (χ0n) is 11.9. The summed E-state index contributed by atoms with van der Waals surface area (Å²) in [4.78, 5) is 3.62. The normalized spacial score (nSPS) is 25.6. The van der Waals surface area contributed by atoms with E-state index in [2.05, 4.69) is 10.2 Å². The lowest BCUT2D eigenvalue weighted by molar-refractivity contribution is -0.149. The standard InChI is InChI=1S/C13H24F3N3O/c1-17-12(10-20,11-2-3-11)8-18-4-6-19(7-5-18)9-13(14,15)16/h11,17,20H,2-10H2,1H3. The van der Waals surface area contributed by atoms with E-state index in [1.54, 1.807) is 0 Å². The van der Waals surface area contributed by atoms with E-state index in [9.17, 15) is 18.3 Å². The van der Waals surface area contributed by atoms with Crippen molar-refractivity contribution in [3.63, 3.8) is 0 Å². The highest BCUT2D eigenvalue weighted by molar-refractivity contribution is 5.02. The predicted octanol–water partition coefficient (Wildman–Crippen LogP) is 0.527. The number of nitrogens with zero attached hydrogens (tertiary/aromatic N) is 2. The van der Waals surface area contributed by atoms with Crippen molar-refractivity contribution in [2.24, 2.45) is 5.92 Å². The molecule has 0 aromatic rings. The first-order chi connectivity index (χ1) is 9.38. The Kier molecular flexibility index (Phi) is 4.94. The van der Waals surface area contributed by atoms with Crippen LogP contribution in [0.5, 0.6) is 0 Å². The van der Waals surface area contributed by atoms with Crippen molar-refractivity contribution >= 4 is 0 Å². The molecule has 0 spiro atoms. The fourth-order valence-corrected chi connectivity index (χ4v) is 3.06. The molecule has 0 aromatic carbocycles. The summed E-state index contributed by atoms with van der Waals surface area (Å²) in [6, 6.07) is 0. The largest absolute Gasteiger partial charge is 0.401 e. The van der Waals surface area contributed by atoms with Gasteiger partial charge in [-0.15, -0.1) is 0 Å². The SMILES string of the molecule is CNC(CO)(CN1CCN(CC(F)(F)F)CC1)C1CC1. The molecule has 118 valence electrons. The summed E-state index contributed by atoms with van der Waals surface area (Å²) in [6.45, 7) is 2.12. The third-order valence-corrected chi connectivity index (χ3v) is 4.51. The van der Waals surface area contributed by atoms with Crippen LogP contribution in [0.25, 0.3) is 0 Å². The Balaban J connectivity index is 1.81. The Morgan fingerprint density at radius 3 is 1.90 bits per heavy atom. The maximum Gasteiger partial charge on any atom is 0.401 e. The number of rotatable bonds is 6. The van der Waals surface area contributed by atoms with Gasteiger partial charge in [0.2, 0.25) is 0 Å². The second-order valence-corrected chi connectivity index (χ2v) is 6.01. The topological polar surface area (TPSA) is 38.7 Å². The number of alkyl halides is 3. The molecule has 0 radical (unpaired) electrons. The summed E-state index contributed by atoms with van der Waals surface area (Å²) in [5.74, 6) is 0.491. The number of nitrogens with one attached hydrogen (secondary N) is 1. The smallest absolute Gasteiger partial charge is 0.394 e. The van der Waals surface area contributed by atoms with Gasteiger partial charge in [0.25, 0.3) is 0 Å². The molecule has 2 N–H and O–H groups in total. The Labute approximate surface area is 117 Å². The van der Waals surface area contributed by atoms with E-state index >= 15 is 0 Å². The van der Waals surface area contributed by atoms with Gasteiger partial charge >= 0.3 is 6.18 Å². The van der Waals surface area contributed by atoms with Gasteiger partial charge in [0.05, 0.1) is 18.7 Å². The van der Waals surface area contributed by atoms with Gasteiger partial charge in [-0.05, 0) is 25.8 Å². The number of hydrogen-bond acceptors (Lipinski definition) is 4. The summed E-state index contributed by atoms with van der Waals surface area (Å²) in [5, 5.41) is 12.9. The second-order valence-electron chi connectivity index (χ2n) is 6.01. The number of aliphatic hydroxyl groups is 1. The lowest BCUT2D eigenvalue weighted by Gasteiger charge is -2.41. The molecule has 7 heteroatoms. The lowest BCUT2D eigenvalue weighted by Crippen LogP contribution is -2.60. The number of halogens is 3. The number of hydrogen-bond donors (Lipinski definition) is 2. The molecule has 1 aliphatic carbocycles. The molecule has 1 saturated heterocycles. The Bertz CT molecular complexity index is 308. The summed E-state index contributed by atoms with van der Waals surface area (Å²) < 4.78 is 37.0. The van der Waals surface area contributed by atoms with E-state index in [0.29, 0.717) is 38.6 Å². The van der Waals surface area contributed by atoms with Crippen LogP contribution in [0.4, 0.5) is 13.2 Å². The minimum absolute atomic E-state index is 0.0803. The first kappa shape index (κ1) is 16.0. The van der Waals surface area contributed by atoms with Crippen molar-refractivity contribution < 1.29 is 18.3 Å². The van der Waals surface area contributed by atoms with E-state index < -0.39 is 12.7 Å². The third-order valence-electron chi connectivity index (χ3n) is 4.51. The molecule has 1 heterocycles. The van der Waals surface area contributed by atoms with Crippen LogP contribution in [-0.4, -0.2) is 79.5 Å². The Hall–Kier alpha value is -0.370. The van der Waals surface area contributed by atoms with Crippen LogP contribution in [0.1, 0.15) is 12.8 Å². The summed E-state index contributed by atoms with van der Waals surface area (Å²) in [6.07, 6.45) is -1.87. The van der Waals surface area contributed by atoms with Crippen molar-refractivity contribution in [1.82, 2.24) is 15.1 Å². The number of aliphatic hydroxyl groups excluding tert-OH is 1. The summed E-state index contributed by atoms with van der Waals surface area (Å²) in [5.41, 5.74) is -0.286. The maximum atomic E-state index is 12.3. The van der Waals surface area contributed by atoms with Crippen LogP contribution >= 0.6 is 0 Å². The third kappa shape index (κ3) is 4.07. The molecule has 4 nitrogen and oxygen atoms in total. The molecule has 0 aromatic heterocycles. The van der Waals surface area contributed by atoms with Gasteiger partial charge in [-0.1, -0.05) is 0 Å². The molecule has 0 amide bonds. The second kappa shape index (κ2) is 6.17. The van der Waals surface area contributed by atoms with E-state index in [0.717, 1.165) is 12.8 Å². The van der Waals surface area contributed by atoms with Gasteiger partial charge in [-0.2, -0.15) is 13.2 Å². The molecule has 20 heavy (non-hydrogen) atoms. The number of piperazine rings is 1. The van der Waals surface area contributed by atoms with Crippen LogP contribution in [0.2, 0.25) is 0 Å². The van der Waals surface area contributed by atoms with Gasteiger partial charge in [-0.25, -0.2) is 0 Å². The average molecular weight is 295 g/mol. The lowest BCUT2D eigenvalue weighted by atomic mass is 9.93. The Morgan fingerprint density at radius 1 is 1.05 bits per heavy atom. The van der Waals surface area contributed by atoms with Gasteiger partial charge in [0.1, 0.15) is 0 Å². The predicted molar refractivity (Wildman–Crippen MR) is 70.5 cm³/mol. The summed E-state index contributed by atoms with van der Waals surface area (Å²) >= 11 is 0. The van der Waals surface area contributed by atoms with Crippen LogP contribution in [-0.2, 0) is 0 Å². The minimum Gasteiger partial charge on any atom is -0.394 e. The van der Waals surface area contributed by atoms with E-state index in [-0.39, 0.29) is 12.1 Å². The van der Waals surface area contributed by atoms with Crippen LogP contribution < -0.4 is 5.32 Å². The van der Waals surface area contributed by atoms with Crippen molar-refractivity contribution in [1.29, 1.82) is 0 Å².